The van der Waals surface area contributed by atoms with Crippen LogP contribution in [0.2, 0.25) is 0 Å². The molecule has 102 valence electrons. The highest BCUT2D eigenvalue weighted by Gasteiger charge is 2.35. The first-order chi connectivity index (χ1) is 9.16. The smallest absolute Gasteiger partial charge is 0.408 e. The van der Waals surface area contributed by atoms with Crippen LogP contribution in [-0.4, -0.2) is 36.4 Å². The predicted molar refractivity (Wildman–Crippen MR) is 65.5 cm³/mol. The summed E-state index contributed by atoms with van der Waals surface area (Å²) >= 11 is 0. The second-order valence-corrected chi connectivity index (χ2v) is 4.32. The highest BCUT2D eigenvalue weighted by molar-refractivity contribution is 5.80. The molecule has 0 aromatic heterocycles. The van der Waals surface area contributed by atoms with Crippen LogP contribution >= 0.6 is 0 Å². The highest BCUT2D eigenvalue weighted by atomic mass is 16.5. The average molecular weight is 265 g/mol. The molecule has 1 amide bonds. The van der Waals surface area contributed by atoms with E-state index in [-0.39, 0.29) is 12.5 Å². The molecule has 0 saturated carbocycles. The standard InChI is InChI=1S/C13H15NO5/c15-12(16)11(10-7-18-8-10)14-13(17)19-6-9-4-2-1-3-5-9/h1-5,10-11H,6-8H2,(H,14,17)(H,15,16). The van der Waals surface area contributed by atoms with Crippen molar-refractivity contribution in [2.75, 3.05) is 13.2 Å². The molecule has 1 aliphatic heterocycles. The van der Waals surface area contributed by atoms with Gasteiger partial charge in [0.15, 0.2) is 0 Å². The Kier molecular flexibility index (Phi) is 4.35. The number of hydrogen-bond acceptors (Lipinski definition) is 4. The average Bonchev–Trinajstić information content (AvgIpc) is 2.34. The molecule has 0 bridgehead atoms. The Hall–Kier alpha value is -2.08. The van der Waals surface area contributed by atoms with Gasteiger partial charge in [-0.25, -0.2) is 9.59 Å². The summed E-state index contributed by atoms with van der Waals surface area (Å²) in [5.41, 5.74) is 0.844. The minimum Gasteiger partial charge on any atom is -0.480 e. The molecule has 6 heteroatoms. The molecular formula is C13H15NO5. The lowest BCUT2D eigenvalue weighted by Crippen LogP contribution is -2.52. The maximum atomic E-state index is 11.5. The Morgan fingerprint density at radius 3 is 2.58 bits per heavy atom. The van der Waals surface area contributed by atoms with Crippen molar-refractivity contribution in [2.24, 2.45) is 5.92 Å². The molecule has 19 heavy (non-hydrogen) atoms. The second kappa shape index (κ2) is 6.19. The van der Waals surface area contributed by atoms with Gasteiger partial charge in [-0.05, 0) is 5.56 Å². The van der Waals surface area contributed by atoms with E-state index in [1.54, 1.807) is 0 Å². The summed E-state index contributed by atoms with van der Waals surface area (Å²) in [6.45, 7) is 0.798. The van der Waals surface area contributed by atoms with Crippen LogP contribution in [0.1, 0.15) is 5.56 Å². The minimum atomic E-state index is -1.08. The highest BCUT2D eigenvalue weighted by Crippen LogP contribution is 2.15. The fraction of sp³-hybridized carbons (Fsp3) is 0.385. The van der Waals surface area contributed by atoms with Crippen LogP contribution in [0.3, 0.4) is 0 Å². The first-order valence-corrected chi connectivity index (χ1v) is 5.94. The van der Waals surface area contributed by atoms with Crippen molar-refractivity contribution in [3.8, 4) is 0 Å². The topological polar surface area (TPSA) is 84.9 Å². The van der Waals surface area contributed by atoms with Gasteiger partial charge in [-0.3, -0.25) is 0 Å². The van der Waals surface area contributed by atoms with Gasteiger partial charge in [0.25, 0.3) is 0 Å². The largest absolute Gasteiger partial charge is 0.480 e. The van der Waals surface area contributed by atoms with E-state index in [1.807, 2.05) is 30.3 Å². The zero-order valence-electron chi connectivity index (χ0n) is 10.2. The van der Waals surface area contributed by atoms with E-state index in [2.05, 4.69) is 5.32 Å². The molecule has 0 aliphatic carbocycles. The van der Waals surface area contributed by atoms with Crippen molar-refractivity contribution in [2.45, 2.75) is 12.6 Å². The summed E-state index contributed by atoms with van der Waals surface area (Å²) in [7, 11) is 0. The van der Waals surface area contributed by atoms with E-state index in [4.69, 9.17) is 14.6 Å². The maximum Gasteiger partial charge on any atom is 0.408 e. The lowest BCUT2D eigenvalue weighted by molar-refractivity contribution is -0.147. The van der Waals surface area contributed by atoms with Gasteiger partial charge in [-0.2, -0.15) is 0 Å². The molecule has 1 aliphatic rings. The molecular weight excluding hydrogens is 250 g/mol. The SMILES string of the molecule is O=C(NC(C(=O)O)C1COC1)OCc1ccccc1. The van der Waals surface area contributed by atoms with Crippen molar-refractivity contribution in [3.63, 3.8) is 0 Å². The number of ether oxygens (including phenoxy) is 2. The molecule has 0 radical (unpaired) electrons. The maximum absolute atomic E-state index is 11.5. The van der Waals surface area contributed by atoms with Crippen LogP contribution in [-0.2, 0) is 20.9 Å². The fourth-order valence-electron chi connectivity index (χ4n) is 1.72. The first-order valence-electron chi connectivity index (χ1n) is 5.94. The molecule has 0 spiro atoms. The van der Waals surface area contributed by atoms with Crippen LogP contribution in [0.4, 0.5) is 4.79 Å². The number of alkyl carbamates (subject to hydrolysis) is 1. The monoisotopic (exact) mass is 265 g/mol. The zero-order valence-corrected chi connectivity index (χ0v) is 10.2. The number of aliphatic carboxylic acids is 1. The molecule has 1 atom stereocenters. The van der Waals surface area contributed by atoms with E-state index >= 15 is 0 Å². The van der Waals surface area contributed by atoms with E-state index in [0.717, 1.165) is 5.56 Å². The van der Waals surface area contributed by atoms with Crippen LogP contribution in [0.25, 0.3) is 0 Å². The third-order valence-electron chi connectivity index (χ3n) is 2.89. The number of carboxylic acid groups (broad SMARTS) is 1. The van der Waals surface area contributed by atoms with E-state index in [9.17, 15) is 9.59 Å². The number of carboxylic acids is 1. The third kappa shape index (κ3) is 3.69. The first kappa shape index (κ1) is 13.4. The van der Waals surface area contributed by atoms with E-state index in [0.29, 0.717) is 13.2 Å². The number of hydrogen-bond donors (Lipinski definition) is 2. The molecule has 1 fully saturated rings. The summed E-state index contributed by atoms with van der Waals surface area (Å²) < 4.78 is 9.89. The summed E-state index contributed by atoms with van der Waals surface area (Å²) in [6, 6.07) is 8.21. The van der Waals surface area contributed by atoms with Crippen LogP contribution in [0.15, 0.2) is 30.3 Å². The Morgan fingerprint density at radius 2 is 2.05 bits per heavy atom. The molecule has 6 nitrogen and oxygen atoms in total. The van der Waals surface area contributed by atoms with Crippen molar-refractivity contribution in [1.29, 1.82) is 0 Å². The van der Waals surface area contributed by atoms with Gasteiger partial charge < -0.3 is 19.9 Å². The van der Waals surface area contributed by atoms with Gasteiger partial charge >= 0.3 is 12.1 Å². The quantitative estimate of drug-likeness (QED) is 0.830. The summed E-state index contributed by atoms with van der Waals surface area (Å²) in [6.07, 6.45) is -0.733. The Balaban J connectivity index is 1.81. The van der Waals surface area contributed by atoms with Crippen LogP contribution in [0.5, 0.6) is 0 Å². The van der Waals surface area contributed by atoms with Crippen molar-refractivity contribution < 1.29 is 24.2 Å². The van der Waals surface area contributed by atoms with Crippen LogP contribution < -0.4 is 5.32 Å². The summed E-state index contributed by atoms with van der Waals surface area (Å²) in [4.78, 5) is 22.6. The lowest BCUT2D eigenvalue weighted by atomic mass is 9.98. The number of rotatable bonds is 5. The molecule has 1 unspecified atom stereocenters. The van der Waals surface area contributed by atoms with Crippen LogP contribution in [0, 0.1) is 5.92 Å². The normalized spacial score (nSPS) is 16.2. The molecule has 1 saturated heterocycles. The van der Waals surface area contributed by atoms with Gasteiger partial charge in [0, 0.05) is 5.92 Å². The van der Waals surface area contributed by atoms with Gasteiger partial charge in [-0.15, -0.1) is 0 Å². The predicted octanol–water partition coefficient (Wildman–Crippen LogP) is 1.01. The third-order valence-corrected chi connectivity index (χ3v) is 2.89. The van der Waals surface area contributed by atoms with Gasteiger partial charge in [-0.1, -0.05) is 30.3 Å². The molecule has 1 aromatic rings. The van der Waals surface area contributed by atoms with Crippen molar-refractivity contribution in [1.82, 2.24) is 5.32 Å². The van der Waals surface area contributed by atoms with E-state index < -0.39 is 18.1 Å². The number of carbonyl (C=O) groups is 2. The fourth-order valence-corrected chi connectivity index (χ4v) is 1.72. The lowest BCUT2D eigenvalue weighted by Gasteiger charge is -2.31. The molecule has 2 N–H and O–H groups in total. The Bertz CT molecular complexity index is 444. The van der Waals surface area contributed by atoms with Crippen molar-refractivity contribution in [3.05, 3.63) is 35.9 Å². The number of nitrogens with one attached hydrogen (secondary N) is 1. The van der Waals surface area contributed by atoms with Gasteiger partial charge in [0.05, 0.1) is 13.2 Å². The Morgan fingerprint density at radius 1 is 1.37 bits per heavy atom. The summed E-state index contributed by atoms with van der Waals surface area (Å²) in [5, 5.41) is 11.4. The van der Waals surface area contributed by atoms with Crippen molar-refractivity contribution >= 4 is 12.1 Å². The number of benzene rings is 1. The Labute approximate surface area is 110 Å². The summed E-state index contributed by atoms with van der Waals surface area (Å²) in [5.74, 6) is -1.27. The van der Waals surface area contributed by atoms with Gasteiger partial charge in [0.2, 0.25) is 0 Å². The molecule has 1 aromatic carbocycles. The van der Waals surface area contributed by atoms with Gasteiger partial charge in [0.1, 0.15) is 12.6 Å². The molecule has 1 heterocycles. The van der Waals surface area contributed by atoms with E-state index in [1.165, 1.54) is 0 Å². The zero-order chi connectivity index (χ0) is 13.7. The molecule has 2 rings (SSSR count). The number of amides is 1. The minimum absolute atomic E-state index is 0.111. The number of carbonyl (C=O) groups excluding carboxylic acids is 1. The second-order valence-electron chi connectivity index (χ2n) is 4.32.